The first-order chi connectivity index (χ1) is 19.3. The van der Waals surface area contributed by atoms with Crippen molar-refractivity contribution >= 4 is 28.7 Å². The molecule has 0 unspecified atom stereocenters. The number of anilines is 2. The van der Waals surface area contributed by atoms with Crippen molar-refractivity contribution in [2.75, 3.05) is 58.4 Å². The van der Waals surface area contributed by atoms with Gasteiger partial charge in [-0.1, -0.05) is 27.7 Å². The van der Waals surface area contributed by atoms with Crippen molar-refractivity contribution in [1.29, 1.82) is 0 Å². The maximum Gasteiger partial charge on any atom is 0.272 e. The number of rotatable bonds is 14. The number of morpholine rings is 1. The molecule has 0 radical (unpaired) electrons. The molecular weight excluding hydrogens is 504 g/mol. The molecular formula is C31H46N6O3. The molecule has 0 bridgehead atoms. The van der Waals surface area contributed by atoms with Crippen LogP contribution in [0.2, 0.25) is 0 Å². The molecule has 0 spiro atoms. The molecule has 1 aromatic carbocycles. The van der Waals surface area contributed by atoms with Crippen LogP contribution >= 0.6 is 0 Å². The number of hydrogen-bond acceptors (Lipinski definition) is 7. The molecule has 0 saturated carbocycles. The van der Waals surface area contributed by atoms with E-state index in [2.05, 4.69) is 42.5 Å². The molecule has 4 rings (SSSR count). The summed E-state index contributed by atoms with van der Waals surface area (Å²) in [7, 11) is 1.66. The van der Waals surface area contributed by atoms with Gasteiger partial charge in [-0.2, -0.15) is 0 Å². The number of aryl methyl sites for hydroxylation is 1. The standard InChI is InChI=1S/C31H46N6O3/c1-23(2)13-17-36(18-14-24(3)4)30(38)28-12-11-27-29(33-28)37(16-6-15-35-19-21-40-22-20-35)31(34-27)32-25-7-9-26(39-5)10-8-25/h7-12,23-24H,6,13-22H2,1-5H3,(H,32,34). The van der Waals surface area contributed by atoms with Crippen LogP contribution in [0, 0.1) is 11.8 Å². The highest BCUT2D eigenvalue weighted by atomic mass is 16.5. The van der Waals surface area contributed by atoms with E-state index in [4.69, 9.17) is 19.4 Å². The van der Waals surface area contributed by atoms with Crippen molar-refractivity contribution in [3.8, 4) is 5.75 Å². The van der Waals surface area contributed by atoms with E-state index in [0.29, 0.717) is 17.5 Å². The fourth-order valence-corrected chi connectivity index (χ4v) is 4.81. The maximum atomic E-state index is 13.7. The number of pyridine rings is 1. The van der Waals surface area contributed by atoms with Crippen LogP contribution in [0.1, 0.15) is 57.4 Å². The zero-order chi connectivity index (χ0) is 28.5. The second-order valence-electron chi connectivity index (χ2n) is 11.4. The third-order valence-corrected chi connectivity index (χ3v) is 7.36. The molecule has 218 valence electrons. The molecule has 1 fully saturated rings. The molecule has 1 aliphatic heterocycles. The molecule has 9 nitrogen and oxygen atoms in total. The van der Waals surface area contributed by atoms with Crippen molar-refractivity contribution in [3.63, 3.8) is 0 Å². The fourth-order valence-electron chi connectivity index (χ4n) is 4.81. The molecule has 1 amide bonds. The first kappa shape index (κ1) is 29.8. The summed E-state index contributed by atoms with van der Waals surface area (Å²) in [5, 5.41) is 3.47. The molecule has 1 saturated heterocycles. The van der Waals surface area contributed by atoms with Gasteiger partial charge >= 0.3 is 0 Å². The summed E-state index contributed by atoms with van der Waals surface area (Å²) in [6.07, 6.45) is 2.89. The first-order valence-corrected chi connectivity index (χ1v) is 14.7. The van der Waals surface area contributed by atoms with Gasteiger partial charge in [0.2, 0.25) is 5.95 Å². The fraction of sp³-hybridized carbons (Fsp3) is 0.581. The smallest absolute Gasteiger partial charge is 0.272 e. The lowest BCUT2D eigenvalue weighted by Gasteiger charge is -2.26. The predicted octanol–water partition coefficient (Wildman–Crippen LogP) is 5.44. The highest BCUT2D eigenvalue weighted by Crippen LogP contribution is 2.25. The Kier molecular flexibility index (Phi) is 10.8. The number of hydrogen-bond donors (Lipinski definition) is 1. The summed E-state index contributed by atoms with van der Waals surface area (Å²) in [4.78, 5) is 27.9. The van der Waals surface area contributed by atoms with Gasteiger partial charge in [0.05, 0.1) is 20.3 Å². The Balaban J connectivity index is 1.61. The molecule has 3 heterocycles. The minimum atomic E-state index is -0.00562. The van der Waals surface area contributed by atoms with Gasteiger partial charge in [-0.3, -0.25) is 14.3 Å². The second-order valence-corrected chi connectivity index (χ2v) is 11.4. The third kappa shape index (κ3) is 8.17. The van der Waals surface area contributed by atoms with Gasteiger partial charge in [0, 0.05) is 45.0 Å². The number of methoxy groups -OCH3 is 1. The Morgan fingerprint density at radius 1 is 0.975 bits per heavy atom. The van der Waals surface area contributed by atoms with E-state index < -0.39 is 0 Å². The molecule has 9 heteroatoms. The molecule has 0 aliphatic carbocycles. The number of imidazole rings is 1. The molecule has 40 heavy (non-hydrogen) atoms. The van der Waals surface area contributed by atoms with Crippen LogP contribution in [0.25, 0.3) is 11.2 Å². The Morgan fingerprint density at radius 3 is 2.27 bits per heavy atom. The molecule has 2 aromatic heterocycles. The number of nitrogens with one attached hydrogen (secondary N) is 1. The van der Waals surface area contributed by atoms with E-state index in [0.717, 1.165) is 100 Å². The second kappa shape index (κ2) is 14.5. The monoisotopic (exact) mass is 550 g/mol. The quantitative estimate of drug-likeness (QED) is 0.286. The SMILES string of the molecule is COc1ccc(Nc2nc3ccc(C(=O)N(CCC(C)C)CCC(C)C)nc3n2CCCN2CCOCC2)cc1. The predicted molar refractivity (Wildman–Crippen MR) is 160 cm³/mol. The lowest BCUT2D eigenvalue weighted by Crippen LogP contribution is -2.37. The Bertz CT molecular complexity index is 1210. The topological polar surface area (TPSA) is 84.8 Å². The highest BCUT2D eigenvalue weighted by Gasteiger charge is 2.21. The minimum Gasteiger partial charge on any atom is -0.497 e. The summed E-state index contributed by atoms with van der Waals surface area (Å²) in [5.41, 5.74) is 2.90. The van der Waals surface area contributed by atoms with E-state index >= 15 is 0 Å². The van der Waals surface area contributed by atoms with Crippen LogP contribution in [-0.4, -0.2) is 83.3 Å². The zero-order valence-electron chi connectivity index (χ0n) is 24.9. The van der Waals surface area contributed by atoms with Crippen molar-refractivity contribution in [3.05, 3.63) is 42.1 Å². The summed E-state index contributed by atoms with van der Waals surface area (Å²) in [6.45, 7) is 15.5. The summed E-state index contributed by atoms with van der Waals surface area (Å²) >= 11 is 0. The van der Waals surface area contributed by atoms with Crippen LogP contribution in [0.3, 0.4) is 0 Å². The Hall–Kier alpha value is -3.17. The van der Waals surface area contributed by atoms with Gasteiger partial charge < -0.3 is 19.7 Å². The number of ether oxygens (including phenoxy) is 2. The maximum absolute atomic E-state index is 13.7. The van der Waals surface area contributed by atoms with Gasteiger partial charge in [0.25, 0.3) is 5.91 Å². The third-order valence-electron chi connectivity index (χ3n) is 7.36. The van der Waals surface area contributed by atoms with Crippen LogP contribution in [0.5, 0.6) is 5.75 Å². The summed E-state index contributed by atoms with van der Waals surface area (Å²) in [6, 6.07) is 11.5. The van der Waals surface area contributed by atoms with Gasteiger partial charge in [-0.15, -0.1) is 0 Å². The summed E-state index contributed by atoms with van der Waals surface area (Å²) < 4.78 is 12.9. The molecule has 1 aliphatic rings. The number of amides is 1. The first-order valence-electron chi connectivity index (χ1n) is 14.7. The van der Waals surface area contributed by atoms with Gasteiger partial charge in [0.15, 0.2) is 5.65 Å². The minimum absolute atomic E-state index is 0.00562. The number of aromatic nitrogens is 3. The van der Waals surface area contributed by atoms with Gasteiger partial charge in [-0.25, -0.2) is 9.97 Å². The Labute approximate surface area is 238 Å². The summed E-state index contributed by atoms with van der Waals surface area (Å²) in [5.74, 6) is 2.58. The van der Waals surface area contributed by atoms with Crippen molar-refractivity contribution < 1.29 is 14.3 Å². The van der Waals surface area contributed by atoms with Crippen LogP contribution in [-0.2, 0) is 11.3 Å². The molecule has 3 aromatic rings. The largest absolute Gasteiger partial charge is 0.497 e. The van der Waals surface area contributed by atoms with E-state index in [9.17, 15) is 4.79 Å². The van der Waals surface area contributed by atoms with Crippen molar-refractivity contribution in [1.82, 2.24) is 24.3 Å². The highest BCUT2D eigenvalue weighted by molar-refractivity contribution is 5.94. The lowest BCUT2D eigenvalue weighted by molar-refractivity contribution is 0.0370. The van der Waals surface area contributed by atoms with E-state index in [-0.39, 0.29) is 5.91 Å². The van der Waals surface area contributed by atoms with Gasteiger partial charge in [0.1, 0.15) is 17.0 Å². The zero-order valence-corrected chi connectivity index (χ0v) is 24.9. The van der Waals surface area contributed by atoms with E-state index in [1.807, 2.05) is 41.3 Å². The average Bonchev–Trinajstić information content (AvgIpc) is 3.29. The molecule has 1 N–H and O–H groups in total. The van der Waals surface area contributed by atoms with Crippen molar-refractivity contribution in [2.45, 2.75) is 53.5 Å². The average molecular weight is 551 g/mol. The number of benzene rings is 1. The molecule has 0 atom stereocenters. The normalized spacial score (nSPS) is 14.3. The number of nitrogens with zero attached hydrogens (tertiary/aromatic N) is 5. The lowest BCUT2D eigenvalue weighted by atomic mass is 10.1. The van der Waals surface area contributed by atoms with Crippen LogP contribution in [0.4, 0.5) is 11.6 Å². The van der Waals surface area contributed by atoms with E-state index in [1.54, 1.807) is 7.11 Å². The Morgan fingerprint density at radius 2 is 1.65 bits per heavy atom. The van der Waals surface area contributed by atoms with Crippen LogP contribution < -0.4 is 10.1 Å². The number of carbonyl (C=O) groups is 1. The van der Waals surface area contributed by atoms with Crippen molar-refractivity contribution in [2.24, 2.45) is 11.8 Å². The van der Waals surface area contributed by atoms with Crippen LogP contribution in [0.15, 0.2) is 36.4 Å². The van der Waals surface area contributed by atoms with Gasteiger partial charge in [-0.05, 0) is 67.5 Å². The number of carbonyl (C=O) groups excluding carboxylic acids is 1. The van der Waals surface area contributed by atoms with E-state index in [1.165, 1.54) is 0 Å². The number of fused-ring (bicyclic) bond motifs is 1.